The van der Waals surface area contributed by atoms with Crippen LogP contribution in [0.25, 0.3) is 0 Å². The summed E-state index contributed by atoms with van der Waals surface area (Å²) >= 11 is 0. The second-order valence-electron chi connectivity index (χ2n) is 5.53. The first-order chi connectivity index (χ1) is 9.07. The zero-order valence-corrected chi connectivity index (χ0v) is 12.0. The summed E-state index contributed by atoms with van der Waals surface area (Å²) in [7, 11) is -3.30. The van der Waals surface area contributed by atoms with Crippen molar-refractivity contribution in [3.63, 3.8) is 0 Å². The minimum absolute atomic E-state index is 0.392. The Morgan fingerprint density at radius 2 is 1.95 bits per heavy atom. The van der Waals surface area contributed by atoms with E-state index >= 15 is 0 Å². The van der Waals surface area contributed by atoms with Crippen LogP contribution in [0.3, 0.4) is 0 Å². The molecule has 5 heteroatoms. The zero-order valence-electron chi connectivity index (χ0n) is 11.2. The van der Waals surface area contributed by atoms with Gasteiger partial charge in [-0.05, 0) is 49.9 Å². The average molecular weight is 280 g/mol. The van der Waals surface area contributed by atoms with E-state index in [-0.39, 0.29) is 0 Å². The smallest absolute Gasteiger partial charge is 0.243 e. The van der Waals surface area contributed by atoms with E-state index in [1.165, 1.54) is 0 Å². The van der Waals surface area contributed by atoms with E-state index in [1.54, 1.807) is 10.4 Å². The number of piperidine rings is 1. The standard InChI is InChI=1S/C14H20N2O2S/c1-11-9-12-10-13(5-6-14(12)15-11)19(17,18)16-7-3-2-4-8-16/h5-6,10-11,15H,2-4,7-9H2,1H3. The van der Waals surface area contributed by atoms with Gasteiger partial charge in [0, 0.05) is 24.8 Å². The van der Waals surface area contributed by atoms with Crippen molar-refractivity contribution >= 4 is 15.7 Å². The first kappa shape index (κ1) is 12.9. The van der Waals surface area contributed by atoms with Crippen LogP contribution in [0, 0.1) is 0 Å². The van der Waals surface area contributed by atoms with Gasteiger partial charge in [-0.3, -0.25) is 0 Å². The van der Waals surface area contributed by atoms with Gasteiger partial charge in [0.05, 0.1) is 4.90 Å². The minimum atomic E-state index is -3.30. The van der Waals surface area contributed by atoms with Crippen molar-refractivity contribution in [2.75, 3.05) is 18.4 Å². The molecule has 0 radical (unpaired) electrons. The monoisotopic (exact) mass is 280 g/mol. The Morgan fingerprint density at radius 3 is 2.68 bits per heavy atom. The van der Waals surface area contributed by atoms with E-state index in [9.17, 15) is 8.42 Å². The molecule has 104 valence electrons. The maximum atomic E-state index is 12.6. The quantitative estimate of drug-likeness (QED) is 0.903. The third kappa shape index (κ3) is 2.37. The number of hydrogen-bond donors (Lipinski definition) is 1. The molecule has 4 nitrogen and oxygen atoms in total. The molecule has 3 rings (SSSR count). The molecule has 1 aromatic rings. The molecule has 1 N–H and O–H groups in total. The second-order valence-corrected chi connectivity index (χ2v) is 7.47. The lowest BCUT2D eigenvalue weighted by atomic mass is 10.1. The summed E-state index contributed by atoms with van der Waals surface area (Å²) in [6.07, 6.45) is 3.99. The molecular formula is C14H20N2O2S. The van der Waals surface area contributed by atoms with Crippen LogP contribution < -0.4 is 5.32 Å². The SMILES string of the molecule is CC1Cc2cc(S(=O)(=O)N3CCCCC3)ccc2N1. The lowest BCUT2D eigenvalue weighted by Gasteiger charge is -2.26. The summed E-state index contributed by atoms with van der Waals surface area (Å²) in [6, 6.07) is 5.86. The Hall–Kier alpha value is -1.07. The summed E-state index contributed by atoms with van der Waals surface area (Å²) in [5.41, 5.74) is 2.19. The number of rotatable bonds is 2. The van der Waals surface area contributed by atoms with Gasteiger partial charge in [-0.2, -0.15) is 4.31 Å². The molecule has 0 aromatic heterocycles. The van der Waals surface area contributed by atoms with Crippen molar-refractivity contribution < 1.29 is 8.42 Å². The Kier molecular flexibility index (Phi) is 3.27. The third-order valence-corrected chi connectivity index (χ3v) is 5.85. The van der Waals surface area contributed by atoms with Crippen LogP contribution in [0.2, 0.25) is 0 Å². The van der Waals surface area contributed by atoms with Crippen LogP contribution in [0.15, 0.2) is 23.1 Å². The van der Waals surface area contributed by atoms with E-state index in [2.05, 4.69) is 12.2 Å². The Labute approximate surface area is 114 Å². The molecule has 2 aliphatic heterocycles. The van der Waals surface area contributed by atoms with Gasteiger partial charge in [0.25, 0.3) is 0 Å². The minimum Gasteiger partial charge on any atom is -0.382 e. The average Bonchev–Trinajstić information content (AvgIpc) is 2.78. The molecule has 2 aliphatic rings. The van der Waals surface area contributed by atoms with Gasteiger partial charge >= 0.3 is 0 Å². The van der Waals surface area contributed by atoms with E-state index in [0.717, 1.165) is 36.9 Å². The van der Waals surface area contributed by atoms with Gasteiger partial charge < -0.3 is 5.32 Å². The van der Waals surface area contributed by atoms with E-state index in [0.29, 0.717) is 24.0 Å². The van der Waals surface area contributed by atoms with Crippen molar-refractivity contribution in [2.45, 2.75) is 43.5 Å². The maximum absolute atomic E-state index is 12.6. The van der Waals surface area contributed by atoms with Gasteiger partial charge in [-0.1, -0.05) is 6.42 Å². The van der Waals surface area contributed by atoms with Crippen LogP contribution in [-0.2, 0) is 16.4 Å². The molecule has 0 bridgehead atoms. The predicted molar refractivity (Wildman–Crippen MR) is 75.8 cm³/mol. The second kappa shape index (κ2) is 4.80. The van der Waals surface area contributed by atoms with Crippen LogP contribution in [0.5, 0.6) is 0 Å². The van der Waals surface area contributed by atoms with Gasteiger partial charge in [0.2, 0.25) is 10.0 Å². The molecule has 1 unspecified atom stereocenters. The summed E-state index contributed by atoms with van der Waals surface area (Å²) < 4.78 is 26.8. The molecule has 0 spiro atoms. The molecule has 1 aromatic carbocycles. The maximum Gasteiger partial charge on any atom is 0.243 e. The largest absolute Gasteiger partial charge is 0.382 e. The van der Waals surface area contributed by atoms with Crippen molar-refractivity contribution in [2.24, 2.45) is 0 Å². The van der Waals surface area contributed by atoms with Crippen LogP contribution in [0.1, 0.15) is 31.7 Å². The van der Waals surface area contributed by atoms with Crippen LogP contribution >= 0.6 is 0 Å². The summed E-state index contributed by atoms with van der Waals surface area (Å²) in [6.45, 7) is 3.43. The van der Waals surface area contributed by atoms with Gasteiger partial charge in [-0.15, -0.1) is 0 Å². The summed E-state index contributed by atoms with van der Waals surface area (Å²) in [5.74, 6) is 0. The van der Waals surface area contributed by atoms with Crippen molar-refractivity contribution in [1.82, 2.24) is 4.31 Å². The van der Waals surface area contributed by atoms with Crippen molar-refractivity contribution in [1.29, 1.82) is 0 Å². The highest BCUT2D eigenvalue weighted by molar-refractivity contribution is 7.89. The fourth-order valence-corrected chi connectivity index (χ4v) is 4.51. The number of hydrogen-bond acceptors (Lipinski definition) is 3. The fourth-order valence-electron chi connectivity index (χ4n) is 2.94. The Morgan fingerprint density at radius 1 is 1.21 bits per heavy atom. The fraction of sp³-hybridized carbons (Fsp3) is 0.571. The summed E-state index contributed by atoms with van der Waals surface area (Å²) in [5, 5.41) is 3.35. The van der Waals surface area contributed by atoms with E-state index in [4.69, 9.17) is 0 Å². The Bertz CT molecular complexity index is 577. The third-order valence-electron chi connectivity index (χ3n) is 3.96. The van der Waals surface area contributed by atoms with Crippen molar-refractivity contribution in [3.8, 4) is 0 Å². The first-order valence-corrected chi connectivity index (χ1v) is 8.41. The lowest BCUT2D eigenvalue weighted by molar-refractivity contribution is 0.346. The summed E-state index contributed by atoms with van der Waals surface area (Å²) in [4.78, 5) is 0.448. The molecule has 0 saturated carbocycles. The normalized spacial score (nSPS) is 23.9. The van der Waals surface area contributed by atoms with Gasteiger partial charge in [0.1, 0.15) is 0 Å². The number of fused-ring (bicyclic) bond motifs is 1. The topological polar surface area (TPSA) is 49.4 Å². The lowest BCUT2D eigenvalue weighted by Crippen LogP contribution is -2.35. The zero-order chi connectivity index (χ0) is 13.5. The number of benzene rings is 1. The number of anilines is 1. The highest BCUT2D eigenvalue weighted by atomic mass is 32.2. The number of nitrogens with one attached hydrogen (secondary N) is 1. The van der Waals surface area contributed by atoms with E-state index in [1.807, 2.05) is 12.1 Å². The van der Waals surface area contributed by atoms with E-state index < -0.39 is 10.0 Å². The predicted octanol–water partition coefficient (Wildman–Crippen LogP) is 2.22. The van der Waals surface area contributed by atoms with Gasteiger partial charge in [0.15, 0.2) is 0 Å². The highest BCUT2D eigenvalue weighted by Crippen LogP contribution is 2.29. The molecule has 19 heavy (non-hydrogen) atoms. The molecule has 1 fully saturated rings. The molecule has 0 aliphatic carbocycles. The number of nitrogens with zero attached hydrogens (tertiary/aromatic N) is 1. The molecule has 1 saturated heterocycles. The number of sulfonamides is 1. The molecule has 2 heterocycles. The molecule has 1 atom stereocenters. The van der Waals surface area contributed by atoms with Gasteiger partial charge in [-0.25, -0.2) is 8.42 Å². The molecule has 0 amide bonds. The van der Waals surface area contributed by atoms with Crippen LogP contribution in [-0.4, -0.2) is 31.9 Å². The van der Waals surface area contributed by atoms with Crippen molar-refractivity contribution in [3.05, 3.63) is 23.8 Å². The Balaban J connectivity index is 1.91. The first-order valence-electron chi connectivity index (χ1n) is 6.97. The molecular weight excluding hydrogens is 260 g/mol. The highest BCUT2D eigenvalue weighted by Gasteiger charge is 2.27. The van der Waals surface area contributed by atoms with Crippen LogP contribution in [0.4, 0.5) is 5.69 Å².